The van der Waals surface area contributed by atoms with Gasteiger partial charge in [-0.3, -0.25) is 0 Å². The number of alkyl halides is 12. The first-order valence-corrected chi connectivity index (χ1v) is 15.5. The topological polar surface area (TPSA) is 72.3 Å². The van der Waals surface area contributed by atoms with Crippen molar-refractivity contribution in [2.45, 2.75) is 37.0 Å². The van der Waals surface area contributed by atoms with Crippen LogP contribution >= 0.6 is 0 Å². The molecule has 16 heteroatoms. The van der Waals surface area contributed by atoms with Crippen LogP contribution in [0.15, 0.2) is 82.8 Å². The average Bonchev–Trinajstić information content (AvgIpc) is 3.56. The molecule has 54 heavy (non-hydrogen) atoms. The summed E-state index contributed by atoms with van der Waals surface area (Å²) >= 11 is 0. The summed E-state index contributed by atoms with van der Waals surface area (Å²) in [7, 11) is 0. The number of benzene rings is 4. The van der Waals surface area contributed by atoms with Crippen molar-refractivity contribution in [2.24, 2.45) is 9.98 Å². The summed E-state index contributed by atoms with van der Waals surface area (Å²) in [6, 6.07) is 9.64. The second-order valence-electron chi connectivity index (χ2n) is 12.5. The fraction of sp³-hybridized carbons (Fsp3) is 0.158. The van der Waals surface area contributed by atoms with Gasteiger partial charge in [0, 0.05) is 22.1 Å². The zero-order chi connectivity index (χ0) is 39.1. The molecule has 6 aromatic rings. The Morgan fingerprint density at radius 1 is 0.500 bits per heavy atom. The first-order chi connectivity index (χ1) is 25.2. The van der Waals surface area contributed by atoms with E-state index in [4.69, 9.17) is 0 Å². The normalized spacial score (nSPS) is 16.0. The smallest absolute Gasteiger partial charge is 0.173 e. The van der Waals surface area contributed by atoms with E-state index in [9.17, 15) is 63.2 Å². The van der Waals surface area contributed by atoms with Crippen molar-refractivity contribution in [1.29, 1.82) is 10.5 Å². The molecular weight excluding hydrogens is 740 g/mol. The molecule has 0 aromatic heterocycles. The van der Waals surface area contributed by atoms with Gasteiger partial charge in [0.15, 0.2) is 0 Å². The molecule has 1 aliphatic rings. The number of allylic oxidation sites excluding steroid dienone is 1. The Bertz CT molecular complexity index is 2710. The zero-order valence-electron chi connectivity index (χ0n) is 26.6. The highest BCUT2D eigenvalue weighted by atomic mass is 19.4. The third-order valence-corrected chi connectivity index (χ3v) is 9.34. The molecule has 272 valence electrons. The minimum atomic E-state index is -5.10. The lowest BCUT2D eigenvalue weighted by atomic mass is 9.85. The predicted molar refractivity (Wildman–Crippen MR) is 171 cm³/mol. The van der Waals surface area contributed by atoms with Crippen LogP contribution in [0.2, 0.25) is 0 Å². The maximum Gasteiger partial charge on any atom is 0.416 e. The van der Waals surface area contributed by atoms with E-state index in [0.717, 1.165) is 0 Å². The SMILES string of the molecule is N#C/N=c1/c2cc(-c3cc(C(F)(F)F)cc(C(F)(F)F)c3)ccc2c2cc3c4c(/c(=N\C#N)c3cc12)CC(c1cc(C(F)(F)F)cc(C(F)(F)F)c1)C=C4. The van der Waals surface area contributed by atoms with E-state index in [2.05, 4.69) is 9.98 Å². The molecule has 0 bridgehead atoms. The van der Waals surface area contributed by atoms with Gasteiger partial charge >= 0.3 is 24.7 Å². The van der Waals surface area contributed by atoms with Crippen molar-refractivity contribution in [2.75, 3.05) is 0 Å². The molecule has 0 heterocycles. The molecule has 0 fully saturated rings. The van der Waals surface area contributed by atoms with E-state index in [1.54, 1.807) is 18.5 Å². The van der Waals surface area contributed by atoms with Crippen LogP contribution in [-0.2, 0) is 31.1 Å². The Labute approximate surface area is 294 Å². The molecule has 7 rings (SSSR count). The Morgan fingerprint density at radius 2 is 0.981 bits per heavy atom. The summed E-state index contributed by atoms with van der Waals surface area (Å²) in [5, 5.41) is 21.4. The summed E-state index contributed by atoms with van der Waals surface area (Å²) in [5.41, 5.74) is -5.93. The van der Waals surface area contributed by atoms with E-state index in [0.29, 0.717) is 62.3 Å². The van der Waals surface area contributed by atoms with E-state index in [1.165, 1.54) is 36.4 Å². The van der Waals surface area contributed by atoms with Crippen molar-refractivity contribution < 1.29 is 52.7 Å². The van der Waals surface area contributed by atoms with Crippen molar-refractivity contribution >= 4 is 38.4 Å². The van der Waals surface area contributed by atoms with Crippen molar-refractivity contribution in [3.63, 3.8) is 0 Å². The first kappa shape index (κ1) is 36.2. The highest BCUT2D eigenvalue weighted by Gasteiger charge is 2.39. The fourth-order valence-corrected chi connectivity index (χ4v) is 6.98. The maximum absolute atomic E-state index is 13.6. The molecule has 4 nitrogen and oxygen atoms in total. The van der Waals surface area contributed by atoms with Gasteiger partial charge in [-0.1, -0.05) is 24.3 Å². The summed E-state index contributed by atoms with van der Waals surface area (Å²) in [6.45, 7) is 0. The molecule has 0 spiro atoms. The van der Waals surface area contributed by atoms with E-state index >= 15 is 0 Å². The van der Waals surface area contributed by atoms with Crippen LogP contribution in [0.1, 0.15) is 44.9 Å². The Kier molecular flexibility index (Phi) is 8.18. The van der Waals surface area contributed by atoms with Crippen LogP contribution in [0.5, 0.6) is 0 Å². The van der Waals surface area contributed by atoms with Crippen molar-refractivity contribution in [3.8, 4) is 23.5 Å². The van der Waals surface area contributed by atoms with Crippen molar-refractivity contribution in [1.82, 2.24) is 0 Å². The van der Waals surface area contributed by atoms with Crippen molar-refractivity contribution in [3.05, 3.63) is 122 Å². The predicted octanol–water partition coefficient (Wildman–Crippen LogP) is 10.9. The number of halogens is 12. The number of hydrogen-bond acceptors (Lipinski definition) is 4. The molecule has 0 aliphatic heterocycles. The van der Waals surface area contributed by atoms with Gasteiger partial charge in [0.05, 0.1) is 33.0 Å². The Morgan fingerprint density at radius 3 is 1.52 bits per heavy atom. The van der Waals surface area contributed by atoms with Crippen LogP contribution in [0.4, 0.5) is 52.7 Å². The lowest BCUT2D eigenvalue weighted by Gasteiger charge is -2.21. The minimum absolute atomic E-state index is 0.00144. The summed E-state index contributed by atoms with van der Waals surface area (Å²) in [6.07, 6.45) is -14.2. The maximum atomic E-state index is 13.6. The van der Waals surface area contributed by atoms with E-state index in [1.807, 2.05) is 0 Å². The third kappa shape index (κ3) is 6.21. The lowest BCUT2D eigenvalue weighted by molar-refractivity contribution is -0.144. The van der Waals surface area contributed by atoms with Crippen LogP contribution in [0.3, 0.4) is 0 Å². The lowest BCUT2D eigenvalue weighted by Crippen LogP contribution is -2.16. The van der Waals surface area contributed by atoms with Crippen LogP contribution in [0.25, 0.3) is 49.5 Å². The van der Waals surface area contributed by atoms with Gasteiger partial charge in [0.2, 0.25) is 12.4 Å². The molecule has 0 saturated carbocycles. The monoisotopic (exact) mass is 756 g/mol. The quantitative estimate of drug-likeness (QED) is 0.130. The summed E-state index contributed by atoms with van der Waals surface area (Å²) < 4.78 is 163. The second kappa shape index (κ2) is 12.2. The number of nitrogens with zero attached hydrogens (tertiary/aromatic N) is 4. The molecular formula is C38H16F12N4. The second-order valence-corrected chi connectivity index (χ2v) is 12.5. The Balaban J connectivity index is 1.42. The van der Waals surface area contributed by atoms with Gasteiger partial charge in [0.1, 0.15) is 0 Å². The molecule has 0 radical (unpaired) electrons. The molecule has 0 N–H and O–H groups in total. The number of rotatable bonds is 2. The van der Waals surface area contributed by atoms with Crippen LogP contribution < -0.4 is 10.7 Å². The van der Waals surface area contributed by atoms with Gasteiger partial charge in [-0.15, -0.1) is 0 Å². The van der Waals surface area contributed by atoms with Gasteiger partial charge in [-0.25, -0.2) is 0 Å². The van der Waals surface area contributed by atoms with Gasteiger partial charge < -0.3 is 0 Å². The molecule has 6 aromatic carbocycles. The molecule has 1 unspecified atom stereocenters. The molecule has 1 atom stereocenters. The van der Waals surface area contributed by atoms with Gasteiger partial charge in [-0.2, -0.15) is 73.2 Å². The summed E-state index contributed by atoms with van der Waals surface area (Å²) in [4.78, 5) is 7.82. The standard InChI is InChI=1S/C38H16F12N4/c39-35(40,41)21-5-19(6-22(11-21)36(42,43)44)17-1-3-25-27-13-28-26-4-2-18(20-7-23(37(45,46)47)12-24(8-20)38(48,49)50)10-30(26)34(54-16-52)32(28)14-31(27)33(53-15-51)29(25)9-17/h1-9,11-14,18H,10H2/b53-33-,54-34+. The third-order valence-electron chi connectivity index (χ3n) is 9.34. The highest BCUT2D eigenvalue weighted by Crippen LogP contribution is 2.43. The Hall–Kier alpha value is -6.16. The number of hydrogen-bond donors (Lipinski definition) is 0. The molecule has 0 amide bonds. The number of fused-ring (bicyclic) bond motifs is 6. The van der Waals surface area contributed by atoms with E-state index < -0.39 is 58.4 Å². The highest BCUT2D eigenvalue weighted by molar-refractivity contribution is 6.17. The first-order valence-electron chi connectivity index (χ1n) is 15.5. The summed E-state index contributed by atoms with van der Waals surface area (Å²) in [5.74, 6) is -0.985. The van der Waals surface area contributed by atoms with Crippen LogP contribution in [0, 0.1) is 22.9 Å². The number of nitriles is 2. The largest absolute Gasteiger partial charge is 0.416 e. The fourth-order valence-electron chi connectivity index (χ4n) is 6.98. The van der Waals surface area contributed by atoms with Gasteiger partial charge in [0.25, 0.3) is 0 Å². The minimum Gasteiger partial charge on any atom is -0.173 e. The van der Waals surface area contributed by atoms with Crippen LogP contribution in [-0.4, -0.2) is 0 Å². The van der Waals surface area contributed by atoms with Gasteiger partial charge in [-0.05, 0) is 105 Å². The van der Waals surface area contributed by atoms with E-state index in [-0.39, 0.29) is 45.8 Å². The average molecular weight is 757 g/mol. The molecule has 0 saturated heterocycles. The zero-order valence-corrected chi connectivity index (χ0v) is 26.6. The molecule has 1 aliphatic carbocycles.